The molecule has 0 amide bonds. The molecule has 1 aromatic rings. The summed E-state index contributed by atoms with van der Waals surface area (Å²) < 4.78 is 0. The van der Waals surface area contributed by atoms with E-state index in [9.17, 15) is 0 Å². The molecule has 2 nitrogen and oxygen atoms in total. The molecule has 3 heteroatoms. The van der Waals surface area contributed by atoms with Gasteiger partial charge in [-0.15, -0.1) is 0 Å². The van der Waals surface area contributed by atoms with Crippen molar-refractivity contribution in [3.63, 3.8) is 0 Å². The molecule has 17 heavy (non-hydrogen) atoms. The molecule has 0 aliphatic carbocycles. The van der Waals surface area contributed by atoms with Gasteiger partial charge in [-0.3, -0.25) is 0 Å². The van der Waals surface area contributed by atoms with Gasteiger partial charge in [-0.1, -0.05) is 23.7 Å². The van der Waals surface area contributed by atoms with E-state index in [4.69, 9.17) is 11.6 Å². The van der Waals surface area contributed by atoms with E-state index in [2.05, 4.69) is 22.3 Å². The summed E-state index contributed by atoms with van der Waals surface area (Å²) in [5.41, 5.74) is 1.32. The quantitative estimate of drug-likeness (QED) is 0.887. The Balaban J connectivity index is 1.56. The lowest BCUT2D eigenvalue weighted by atomic mass is 9.84. The Bertz CT molecular complexity index is 368. The molecule has 0 radical (unpaired) electrons. The lowest BCUT2D eigenvalue weighted by Gasteiger charge is -2.45. The zero-order chi connectivity index (χ0) is 11.7. The van der Waals surface area contributed by atoms with E-state index in [1.54, 1.807) is 0 Å². The van der Waals surface area contributed by atoms with Crippen LogP contribution in [-0.2, 0) is 6.54 Å². The average Bonchev–Trinajstić information content (AvgIpc) is 2.39. The van der Waals surface area contributed by atoms with E-state index in [0.717, 1.165) is 17.5 Å². The normalized spacial score (nSPS) is 31.7. The van der Waals surface area contributed by atoms with Crippen LogP contribution in [0.3, 0.4) is 0 Å². The molecular weight excluding hydrogens is 232 g/mol. The van der Waals surface area contributed by atoms with Crippen molar-refractivity contribution in [2.75, 3.05) is 19.6 Å². The number of piperidine rings is 3. The van der Waals surface area contributed by atoms with E-state index in [-0.39, 0.29) is 0 Å². The first-order valence-electron chi connectivity index (χ1n) is 6.51. The minimum Gasteiger partial charge on any atom is -0.308 e. The summed E-state index contributed by atoms with van der Waals surface area (Å²) >= 11 is 5.88. The SMILES string of the molecule is Clc1ccc(CN[C@@H]2CN3CCC2CC3)cc1. The molecule has 1 N–H and O–H groups in total. The number of hydrogen-bond acceptors (Lipinski definition) is 2. The van der Waals surface area contributed by atoms with E-state index in [1.807, 2.05) is 12.1 Å². The topological polar surface area (TPSA) is 15.3 Å². The van der Waals surface area contributed by atoms with Gasteiger partial charge in [-0.25, -0.2) is 0 Å². The first kappa shape index (κ1) is 11.5. The van der Waals surface area contributed by atoms with E-state index >= 15 is 0 Å². The molecule has 0 spiro atoms. The zero-order valence-corrected chi connectivity index (χ0v) is 10.8. The van der Waals surface area contributed by atoms with Crippen LogP contribution in [0, 0.1) is 5.92 Å². The lowest BCUT2D eigenvalue weighted by molar-refractivity contribution is 0.0720. The summed E-state index contributed by atoms with van der Waals surface area (Å²) in [6.45, 7) is 4.82. The molecule has 3 fully saturated rings. The second kappa shape index (κ2) is 4.97. The molecule has 0 aromatic heterocycles. The summed E-state index contributed by atoms with van der Waals surface area (Å²) in [4.78, 5) is 2.58. The fourth-order valence-corrected chi connectivity index (χ4v) is 3.17. The molecule has 1 aromatic carbocycles. The van der Waals surface area contributed by atoms with Gasteiger partial charge in [-0.05, 0) is 49.5 Å². The maximum absolute atomic E-state index is 5.88. The van der Waals surface area contributed by atoms with E-state index in [1.165, 1.54) is 38.0 Å². The minimum atomic E-state index is 0.688. The van der Waals surface area contributed by atoms with Gasteiger partial charge in [0.2, 0.25) is 0 Å². The van der Waals surface area contributed by atoms with Gasteiger partial charge >= 0.3 is 0 Å². The summed E-state index contributed by atoms with van der Waals surface area (Å²) in [6.07, 6.45) is 2.75. The van der Waals surface area contributed by atoms with Gasteiger partial charge < -0.3 is 10.2 Å². The Kier molecular flexibility index (Phi) is 3.37. The smallest absolute Gasteiger partial charge is 0.0406 e. The predicted molar refractivity (Wildman–Crippen MR) is 71.2 cm³/mol. The third-order valence-electron chi connectivity index (χ3n) is 4.14. The molecule has 1 atom stereocenters. The highest BCUT2D eigenvalue weighted by molar-refractivity contribution is 6.30. The van der Waals surface area contributed by atoms with Gasteiger partial charge in [0, 0.05) is 24.2 Å². The van der Waals surface area contributed by atoms with Crippen molar-refractivity contribution < 1.29 is 0 Å². The summed E-state index contributed by atoms with van der Waals surface area (Å²) in [5, 5.41) is 4.52. The molecule has 2 bridgehead atoms. The first-order valence-corrected chi connectivity index (χ1v) is 6.89. The molecule has 3 heterocycles. The second-order valence-corrected chi connectivity index (χ2v) is 5.69. The number of nitrogens with one attached hydrogen (secondary N) is 1. The summed E-state index contributed by atoms with van der Waals surface area (Å²) in [7, 11) is 0. The third kappa shape index (κ3) is 2.65. The van der Waals surface area contributed by atoms with Crippen LogP contribution in [0.5, 0.6) is 0 Å². The Morgan fingerprint density at radius 1 is 1.18 bits per heavy atom. The van der Waals surface area contributed by atoms with Crippen molar-refractivity contribution in [3.05, 3.63) is 34.9 Å². The van der Waals surface area contributed by atoms with Gasteiger partial charge in [0.15, 0.2) is 0 Å². The van der Waals surface area contributed by atoms with Crippen LogP contribution < -0.4 is 5.32 Å². The van der Waals surface area contributed by atoms with Gasteiger partial charge in [0.25, 0.3) is 0 Å². The number of halogens is 1. The number of fused-ring (bicyclic) bond motifs is 3. The van der Waals surface area contributed by atoms with Crippen LogP contribution in [-0.4, -0.2) is 30.6 Å². The molecule has 3 saturated heterocycles. The Labute approximate surface area is 108 Å². The highest BCUT2D eigenvalue weighted by atomic mass is 35.5. The fraction of sp³-hybridized carbons (Fsp3) is 0.571. The third-order valence-corrected chi connectivity index (χ3v) is 4.39. The predicted octanol–water partition coefficient (Wildman–Crippen LogP) is 2.52. The zero-order valence-electron chi connectivity index (χ0n) is 10.0. The second-order valence-electron chi connectivity index (χ2n) is 5.25. The van der Waals surface area contributed by atoms with Crippen molar-refractivity contribution in [3.8, 4) is 0 Å². The van der Waals surface area contributed by atoms with Crippen molar-refractivity contribution in [1.82, 2.24) is 10.2 Å². The van der Waals surface area contributed by atoms with E-state index in [0.29, 0.717) is 6.04 Å². The van der Waals surface area contributed by atoms with E-state index < -0.39 is 0 Å². The highest BCUT2D eigenvalue weighted by Gasteiger charge is 2.33. The monoisotopic (exact) mass is 250 g/mol. The number of rotatable bonds is 3. The largest absolute Gasteiger partial charge is 0.308 e. The van der Waals surface area contributed by atoms with Crippen LogP contribution in [0.2, 0.25) is 5.02 Å². The molecule has 0 saturated carbocycles. The highest BCUT2D eigenvalue weighted by Crippen LogP contribution is 2.27. The first-order chi connectivity index (χ1) is 8.31. The van der Waals surface area contributed by atoms with Crippen LogP contribution in [0.25, 0.3) is 0 Å². The van der Waals surface area contributed by atoms with Gasteiger partial charge in [-0.2, -0.15) is 0 Å². The maximum Gasteiger partial charge on any atom is 0.0406 e. The molecule has 3 aliphatic heterocycles. The van der Waals surface area contributed by atoms with Crippen molar-refractivity contribution >= 4 is 11.6 Å². The molecule has 92 valence electrons. The molecular formula is C14H19ClN2. The fourth-order valence-electron chi connectivity index (χ4n) is 3.05. The number of nitrogens with zero attached hydrogens (tertiary/aromatic N) is 1. The standard InChI is InChI=1S/C14H19ClN2/c15-13-3-1-11(2-4-13)9-16-14-10-17-7-5-12(14)6-8-17/h1-4,12,14,16H,5-10H2/t14-/m1/s1. The van der Waals surface area contributed by atoms with Crippen molar-refractivity contribution in [1.29, 1.82) is 0 Å². The number of benzene rings is 1. The Morgan fingerprint density at radius 2 is 1.88 bits per heavy atom. The molecule has 3 aliphatic rings. The Morgan fingerprint density at radius 3 is 2.47 bits per heavy atom. The van der Waals surface area contributed by atoms with Crippen LogP contribution >= 0.6 is 11.6 Å². The molecule has 4 rings (SSSR count). The van der Waals surface area contributed by atoms with Crippen LogP contribution in [0.4, 0.5) is 0 Å². The maximum atomic E-state index is 5.88. The van der Waals surface area contributed by atoms with Crippen LogP contribution in [0.15, 0.2) is 24.3 Å². The van der Waals surface area contributed by atoms with Crippen LogP contribution in [0.1, 0.15) is 18.4 Å². The molecule has 0 unspecified atom stereocenters. The summed E-state index contributed by atoms with van der Waals surface area (Å²) in [6, 6.07) is 8.84. The number of hydrogen-bond donors (Lipinski definition) is 1. The Hall–Kier alpha value is -0.570. The average molecular weight is 251 g/mol. The van der Waals surface area contributed by atoms with Crippen molar-refractivity contribution in [2.45, 2.75) is 25.4 Å². The lowest BCUT2D eigenvalue weighted by Crippen LogP contribution is -2.55. The summed E-state index contributed by atoms with van der Waals surface area (Å²) in [5.74, 6) is 0.896. The van der Waals surface area contributed by atoms with Crippen molar-refractivity contribution in [2.24, 2.45) is 5.92 Å². The van der Waals surface area contributed by atoms with Gasteiger partial charge in [0.05, 0.1) is 0 Å². The van der Waals surface area contributed by atoms with Gasteiger partial charge in [0.1, 0.15) is 0 Å². The minimum absolute atomic E-state index is 0.688.